The van der Waals surface area contributed by atoms with Crippen LogP contribution in [0.15, 0.2) is 18.2 Å². The van der Waals surface area contributed by atoms with E-state index >= 15 is 0 Å². The van der Waals surface area contributed by atoms with Crippen molar-refractivity contribution in [3.05, 3.63) is 29.3 Å². The molecular weight excluding hydrogens is 254 g/mol. The van der Waals surface area contributed by atoms with E-state index in [0.717, 1.165) is 29.7 Å². The highest BCUT2D eigenvalue weighted by molar-refractivity contribution is 5.92. The van der Waals surface area contributed by atoms with E-state index in [0.29, 0.717) is 13.2 Å². The van der Waals surface area contributed by atoms with Gasteiger partial charge in [0.25, 0.3) is 0 Å². The first kappa shape index (κ1) is 14.6. The van der Waals surface area contributed by atoms with Gasteiger partial charge in [-0.3, -0.25) is 4.79 Å². The summed E-state index contributed by atoms with van der Waals surface area (Å²) in [6.45, 7) is 3.09. The lowest BCUT2D eigenvalue weighted by atomic mass is 9.99. The number of aryl methyl sites for hydroxylation is 1. The minimum Gasteiger partial charge on any atom is -0.384 e. The fourth-order valence-corrected chi connectivity index (χ4v) is 2.17. The molecule has 2 rings (SSSR count). The maximum atomic E-state index is 12.1. The van der Waals surface area contributed by atoms with Gasteiger partial charge in [0.05, 0.1) is 0 Å². The summed E-state index contributed by atoms with van der Waals surface area (Å²) in [5.41, 5.74) is 2.59. The number of anilines is 1. The van der Waals surface area contributed by atoms with Gasteiger partial charge in [0, 0.05) is 30.4 Å². The Kier molecular flexibility index (Phi) is 5.16. The Morgan fingerprint density at radius 2 is 2.20 bits per heavy atom. The van der Waals surface area contributed by atoms with Crippen LogP contribution in [0.4, 0.5) is 5.69 Å². The summed E-state index contributed by atoms with van der Waals surface area (Å²) >= 11 is 0. The Morgan fingerprint density at radius 1 is 1.45 bits per heavy atom. The summed E-state index contributed by atoms with van der Waals surface area (Å²) in [7, 11) is 0. The van der Waals surface area contributed by atoms with Crippen molar-refractivity contribution >= 4 is 11.6 Å². The molecular formula is C16H19NO3. The highest BCUT2D eigenvalue weighted by atomic mass is 16.5. The Hall–Kier alpha value is -1.83. The van der Waals surface area contributed by atoms with Crippen molar-refractivity contribution in [3.63, 3.8) is 0 Å². The molecule has 20 heavy (non-hydrogen) atoms. The van der Waals surface area contributed by atoms with Crippen LogP contribution in [-0.2, 0) is 9.53 Å². The van der Waals surface area contributed by atoms with Crippen LogP contribution in [0.25, 0.3) is 0 Å². The van der Waals surface area contributed by atoms with Crippen LogP contribution in [0, 0.1) is 24.7 Å². The minimum atomic E-state index is -0.169. The molecule has 0 bridgehead atoms. The second-order valence-corrected chi connectivity index (χ2v) is 4.87. The van der Waals surface area contributed by atoms with Crippen LogP contribution in [0.3, 0.4) is 0 Å². The van der Waals surface area contributed by atoms with Gasteiger partial charge in [-0.15, -0.1) is 0 Å². The van der Waals surface area contributed by atoms with Gasteiger partial charge in [-0.2, -0.15) is 0 Å². The number of ether oxygens (including phenoxy) is 1. The lowest BCUT2D eigenvalue weighted by Crippen LogP contribution is -2.28. The van der Waals surface area contributed by atoms with Gasteiger partial charge in [-0.1, -0.05) is 17.9 Å². The monoisotopic (exact) mass is 273 g/mol. The van der Waals surface area contributed by atoms with Crippen molar-refractivity contribution in [2.24, 2.45) is 5.92 Å². The third-order valence-corrected chi connectivity index (χ3v) is 3.40. The first-order valence-electron chi connectivity index (χ1n) is 6.79. The number of nitrogens with one attached hydrogen (secondary N) is 1. The summed E-state index contributed by atoms with van der Waals surface area (Å²) in [6.07, 6.45) is 1.55. The number of amides is 1. The highest BCUT2D eigenvalue weighted by Crippen LogP contribution is 2.19. The third kappa shape index (κ3) is 3.83. The van der Waals surface area contributed by atoms with Crippen molar-refractivity contribution in [1.29, 1.82) is 0 Å². The van der Waals surface area contributed by atoms with Crippen LogP contribution in [-0.4, -0.2) is 30.8 Å². The van der Waals surface area contributed by atoms with Gasteiger partial charge in [-0.05, 0) is 37.5 Å². The third-order valence-electron chi connectivity index (χ3n) is 3.40. The van der Waals surface area contributed by atoms with E-state index in [-0.39, 0.29) is 18.4 Å². The maximum Gasteiger partial charge on any atom is 0.227 e. The van der Waals surface area contributed by atoms with Crippen molar-refractivity contribution in [3.8, 4) is 11.8 Å². The molecule has 1 fully saturated rings. The molecule has 0 atom stereocenters. The smallest absolute Gasteiger partial charge is 0.227 e. The van der Waals surface area contributed by atoms with Gasteiger partial charge < -0.3 is 15.2 Å². The van der Waals surface area contributed by atoms with E-state index in [1.165, 1.54) is 0 Å². The quantitative estimate of drug-likeness (QED) is 0.806. The van der Waals surface area contributed by atoms with E-state index in [9.17, 15) is 4.79 Å². The predicted octanol–water partition coefficient (Wildman–Crippen LogP) is 1.70. The van der Waals surface area contributed by atoms with Crippen LogP contribution in [0.2, 0.25) is 0 Å². The Labute approximate surface area is 119 Å². The van der Waals surface area contributed by atoms with E-state index in [1.54, 1.807) is 0 Å². The fourth-order valence-electron chi connectivity index (χ4n) is 2.17. The summed E-state index contributed by atoms with van der Waals surface area (Å²) < 4.78 is 5.26. The first-order chi connectivity index (χ1) is 9.70. The zero-order chi connectivity index (χ0) is 14.4. The number of carbonyl (C=O) groups excluding carboxylic acids is 1. The molecule has 1 aromatic rings. The van der Waals surface area contributed by atoms with Crippen molar-refractivity contribution < 1.29 is 14.6 Å². The topological polar surface area (TPSA) is 58.6 Å². The Bertz CT molecular complexity index is 536. The lowest BCUT2D eigenvalue weighted by molar-refractivity contribution is -0.122. The molecule has 1 aromatic carbocycles. The summed E-state index contributed by atoms with van der Waals surface area (Å²) in [5.74, 6) is 5.58. The molecule has 4 nitrogen and oxygen atoms in total. The molecule has 2 N–H and O–H groups in total. The van der Waals surface area contributed by atoms with Gasteiger partial charge in [0.1, 0.15) is 6.61 Å². The van der Waals surface area contributed by atoms with E-state index in [2.05, 4.69) is 17.2 Å². The molecule has 0 spiro atoms. The van der Waals surface area contributed by atoms with Gasteiger partial charge >= 0.3 is 0 Å². The summed E-state index contributed by atoms with van der Waals surface area (Å²) in [4.78, 5) is 12.1. The SMILES string of the molecule is Cc1ccc(NC(=O)C2CCOCC2)cc1C#CCO. The molecule has 0 unspecified atom stereocenters. The van der Waals surface area contributed by atoms with Crippen molar-refractivity contribution in [2.45, 2.75) is 19.8 Å². The lowest BCUT2D eigenvalue weighted by Gasteiger charge is -2.21. The van der Waals surface area contributed by atoms with Crippen molar-refractivity contribution in [2.75, 3.05) is 25.1 Å². The molecule has 106 valence electrons. The highest BCUT2D eigenvalue weighted by Gasteiger charge is 2.21. The Morgan fingerprint density at radius 3 is 2.90 bits per heavy atom. The number of aliphatic hydroxyl groups excluding tert-OH is 1. The van der Waals surface area contributed by atoms with E-state index in [1.807, 2.05) is 25.1 Å². The second-order valence-electron chi connectivity index (χ2n) is 4.87. The number of hydrogen-bond acceptors (Lipinski definition) is 3. The van der Waals surface area contributed by atoms with Crippen LogP contribution >= 0.6 is 0 Å². The average molecular weight is 273 g/mol. The van der Waals surface area contributed by atoms with E-state index < -0.39 is 0 Å². The minimum absolute atomic E-state index is 0.0250. The number of benzene rings is 1. The molecule has 0 radical (unpaired) electrons. The summed E-state index contributed by atoms with van der Waals surface area (Å²) in [6, 6.07) is 5.63. The number of hydrogen-bond donors (Lipinski definition) is 2. The van der Waals surface area contributed by atoms with Crippen LogP contribution < -0.4 is 5.32 Å². The number of carbonyl (C=O) groups is 1. The Balaban J connectivity index is 2.07. The predicted molar refractivity (Wildman–Crippen MR) is 77.3 cm³/mol. The van der Waals surface area contributed by atoms with Crippen molar-refractivity contribution in [1.82, 2.24) is 0 Å². The molecule has 4 heteroatoms. The number of aliphatic hydroxyl groups is 1. The van der Waals surface area contributed by atoms with Crippen LogP contribution in [0.1, 0.15) is 24.0 Å². The zero-order valence-electron chi connectivity index (χ0n) is 11.6. The fraction of sp³-hybridized carbons (Fsp3) is 0.438. The molecule has 1 aliphatic rings. The maximum absolute atomic E-state index is 12.1. The van der Waals surface area contributed by atoms with Gasteiger partial charge in [0.2, 0.25) is 5.91 Å². The van der Waals surface area contributed by atoms with Gasteiger partial charge in [-0.25, -0.2) is 0 Å². The molecule has 1 saturated heterocycles. The first-order valence-corrected chi connectivity index (χ1v) is 6.79. The molecule has 0 aliphatic carbocycles. The molecule has 0 aromatic heterocycles. The normalized spacial score (nSPS) is 15.3. The zero-order valence-corrected chi connectivity index (χ0v) is 11.6. The van der Waals surface area contributed by atoms with Crippen LogP contribution in [0.5, 0.6) is 0 Å². The second kappa shape index (κ2) is 7.09. The largest absolute Gasteiger partial charge is 0.384 e. The molecule has 1 heterocycles. The standard InChI is InChI=1S/C16H19NO3/c1-12-4-5-15(11-14(12)3-2-8-18)17-16(19)13-6-9-20-10-7-13/h4-5,11,13,18H,6-10H2,1H3,(H,17,19). The number of rotatable bonds is 2. The molecule has 1 amide bonds. The average Bonchev–Trinajstić information content (AvgIpc) is 2.48. The summed E-state index contributed by atoms with van der Waals surface area (Å²) in [5, 5.41) is 11.7. The van der Waals surface area contributed by atoms with Gasteiger partial charge in [0.15, 0.2) is 0 Å². The molecule has 0 saturated carbocycles. The van der Waals surface area contributed by atoms with E-state index in [4.69, 9.17) is 9.84 Å². The molecule has 1 aliphatic heterocycles.